The summed E-state index contributed by atoms with van der Waals surface area (Å²) in [7, 11) is 5.39. The van der Waals surface area contributed by atoms with Crippen molar-refractivity contribution in [3.05, 3.63) is 23.8 Å². The standard InChI is InChI=1S/C15H23NO2/c1-15(2)11(9-14(15)16-3)10-6-7-12(17-4)13(8-10)18-5/h6-8,11,14,16H,9H2,1-5H3. The number of rotatable bonds is 4. The van der Waals surface area contributed by atoms with Crippen molar-refractivity contribution in [3.8, 4) is 11.5 Å². The van der Waals surface area contributed by atoms with Gasteiger partial charge in [-0.3, -0.25) is 0 Å². The Morgan fingerprint density at radius 2 is 1.83 bits per heavy atom. The van der Waals surface area contributed by atoms with E-state index in [-0.39, 0.29) is 5.41 Å². The fourth-order valence-corrected chi connectivity index (χ4v) is 3.05. The highest BCUT2D eigenvalue weighted by Crippen LogP contribution is 2.53. The normalized spacial score (nSPS) is 25.4. The fourth-order valence-electron chi connectivity index (χ4n) is 3.05. The average Bonchev–Trinajstić information content (AvgIpc) is 2.37. The van der Waals surface area contributed by atoms with Crippen LogP contribution in [0, 0.1) is 5.41 Å². The van der Waals surface area contributed by atoms with E-state index in [1.54, 1.807) is 14.2 Å². The van der Waals surface area contributed by atoms with E-state index in [1.165, 1.54) is 12.0 Å². The topological polar surface area (TPSA) is 30.5 Å². The fraction of sp³-hybridized carbons (Fsp3) is 0.600. The molecular weight excluding hydrogens is 226 g/mol. The third kappa shape index (κ3) is 1.97. The van der Waals surface area contributed by atoms with E-state index < -0.39 is 0 Å². The first-order valence-electron chi connectivity index (χ1n) is 6.43. The molecule has 0 heterocycles. The van der Waals surface area contributed by atoms with Crippen LogP contribution in [0.15, 0.2) is 18.2 Å². The Labute approximate surface area is 109 Å². The lowest BCUT2D eigenvalue weighted by Crippen LogP contribution is -2.54. The van der Waals surface area contributed by atoms with Crippen molar-refractivity contribution in [3.63, 3.8) is 0 Å². The summed E-state index contributed by atoms with van der Waals surface area (Å²) in [6.07, 6.45) is 1.18. The van der Waals surface area contributed by atoms with Crippen LogP contribution in [0.3, 0.4) is 0 Å². The Kier molecular flexibility index (Phi) is 3.53. The Bertz CT molecular complexity index is 429. The monoisotopic (exact) mass is 249 g/mol. The number of benzene rings is 1. The van der Waals surface area contributed by atoms with Gasteiger partial charge in [0, 0.05) is 6.04 Å². The molecule has 100 valence electrons. The van der Waals surface area contributed by atoms with E-state index in [9.17, 15) is 0 Å². The van der Waals surface area contributed by atoms with E-state index in [2.05, 4.69) is 31.3 Å². The lowest BCUT2D eigenvalue weighted by Gasteiger charge is -2.52. The van der Waals surface area contributed by atoms with Crippen molar-refractivity contribution in [1.82, 2.24) is 5.32 Å². The van der Waals surface area contributed by atoms with Crippen LogP contribution in [0.1, 0.15) is 31.7 Å². The summed E-state index contributed by atoms with van der Waals surface area (Å²) in [6, 6.07) is 6.85. The van der Waals surface area contributed by atoms with Crippen LogP contribution < -0.4 is 14.8 Å². The lowest BCUT2D eigenvalue weighted by molar-refractivity contribution is 0.0750. The second-order valence-corrected chi connectivity index (χ2v) is 5.57. The molecule has 0 spiro atoms. The largest absolute Gasteiger partial charge is 0.493 e. The first-order chi connectivity index (χ1) is 8.54. The van der Waals surface area contributed by atoms with Gasteiger partial charge in [-0.05, 0) is 42.5 Å². The molecule has 2 rings (SSSR count). The van der Waals surface area contributed by atoms with Gasteiger partial charge in [0.25, 0.3) is 0 Å². The highest BCUT2D eigenvalue weighted by Gasteiger charge is 2.47. The lowest BCUT2D eigenvalue weighted by atomic mass is 9.56. The van der Waals surface area contributed by atoms with Gasteiger partial charge in [0.1, 0.15) is 0 Å². The van der Waals surface area contributed by atoms with Gasteiger partial charge in [-0.25, -0.2) is 0 Å². The van der Waals surface area contributed by atoms with Gasteiger partial charge in [0.05, 0.1) is 14.2 Å². The molecule has 1 N–H and O–H groups in total. The van der Waals surface area contributed by atoms with E-state index in [0.717, 1.165) is 11.5 Å². The van der Waals surface area contributed by atoms with E-state index in [1.807, 2.05) is 13.1 Å². The van der Waals surface area contributed by atoms with Gasteiger partial charge in [-0.1, -0.05) is 19.9 Å². The van der Waals surface area contributed by atoms with Crippen LogP contribution in [0.2, 0.25) is 0 Å². The summed E-state index contributed by atoms with van der Waals surface area (Å²) in [5.74, 6) is 2.19. The molecule has 1 aliphatic rings. The molecule has 1 aliphatic carbocycles. The molecule has 0 bridgehead atoms. The minimum atomic E-state index is 0.286. The third-order valence-corrected chi connectivity index (χ3v) is 4.43. The minimum absolute atomic E-state index is 0.286. The van der Waals surface area contributed by atoms with E-state index in [4.69, 9.17) is 9.47 Å². The van der Waals surface area contributed by atoms with Crippen molar-refractivity contribution in [2.24, 2.45) is 5.41 Å². The summed E-state index contributed by atoms with van der Waals surface area (Å²) < 4.78 is 10.7. The maximum absolute atomic E-state index is 5.38. The Morgan fingerprint density at radius 3 is 2.33 bits per heavy atom. The smallest absolute Gasteiger partial charge is 0.160 e. The zero-order valence-electron chi connectivity index (χ0n) is 11.9. The van der Waals surface area contributed by atoms with Crippen LogP contribution >= 0.6 is 0 Å². The Morgan fingerprint density at radius 1 is 1.17 bits per heavy atom. The quantitative estimate of drug-likeness (QED) is 0.890. The minimum Gasteiger partial charge on any atom is -0.493 e. The van der Waals surface area contributed by atoms with Gasteiger partial charge in [-0.15, -0.1) is 0 Å². The summed E-state index contributed by atoms with van der Waals surface area (Å²) in [5.41, 5.74) is 1.62. The summed E-state index contributed by atoms with van der Waals surface area (Å²) in [6.45, 7) is 4.64. The van der Waals surface area contributed by atoms with Crippen LogP contribution in [0.25, 0.3) is 0 Å². The zero-order chi connectivity index (χ0) is 13.3. The molecule has 2 unspecified atom stereocenters. The number of hydrogen-bond donors (Lipinski definition) is 1. The predicted octanol–water partition coefficient (Wildman–Crippen LogP) is 2.81. The predicted molar refractivity (Wildman–Crippen MR) is 73.5 cm³/mol. The number of ether oxygens (including phenoxy) is 2. The molecule has 0 radical (unpaired) electrons. The highest BCUT2D eigenvalue weighted by molar-refractivity contribution is 5.45. The van der Waals surface area contributed by atoms with E-state index in [0.29, 0.717) is 12.0 Å². The van der Waals surface area contributed by atoms with Gasteiger partial charge in [-0.2, -0.15) is 0 Å². The van der Waals surface area contributed by atoms with Crippen molar-refractivity contribution < 1.29 is 9.47 Å². The third-order valence-electron chi connectivity index (χ3n) is 4.43. The SMILES string of the molecule is CNC1CC(c2ccc(OC)c(OC)c2)C1(C)C. The molecule has 1 fully saturated rings. The first-order valence-corrected chi connectivity index (χ1v) is 6.43. The van der Waals surface area contributed by atoms with Crippen molar-refractivity contribution in [2.45, 2.75) is 32.2 Å². The molecule has 0 saturated heterocycles. The van der Waals surface area contributed by atoms with Crippen molar-refractivity contribution in [1.29, 1.82) is 0 Å². The maximum Gasteiger partial charge on any atom is 0.160 e. The van der Waals surface area contributed by atoms with E-state index >= 15 is 0 Å². The zero-order valence-corrected chi connectivity index (χ0v) is 11.9. The van der Waals surface area contributed by atoms with Crippen LogP contribution in [-0.4, -0.2) is 27.3 Å². The molecule has 0 aromatic heterocycles. The Balaban J connectivity index is 2.25. The van der Waals surface area contributed by atoms with Crippen LogP contribution in [0.5, 0.6) is 11.5 Å². The second kappa shape index (κ2) is 4.81. The molecule has 3 nitrogen and oxygen atoms in total. The molecule has 2 atom stereocenters. The highest BCUT2D eigenvalue weighted by atomic mass is 16.5. The molecular formula is C15H23NO2. The average molecular weight is 249 g/mol. The van der Waals surface area contributed by atoms with Crippen molar-refractivity contribution >= 4 is 0 Å². The maximum atomic E-state index is 5.38. The molecule has 18 heavy (non-hydrogen) atoms. The summed E-state index contributed by atoms with van der Waals surface area (Å²) >= 11 is 0. The van der Waals surface area contributed by atoms with Gasteiger partial charge >= 0.3 is 0 Å². The van der Waals surface area contributed by atoms with Crippen LogP contribution in [-0.2, 0) is 0 Å². The molecule has 0 aliphatic heterocycles. The molecule has 3 heteroatoms. The van der Waals surface area contributed by atoms with Crippen molar-refractivity contribution in [2.75, 3.05) is 21.3 Å². The molecule has 1 aromatic carbocycles. The van der Waals surface area contributed by atoms with Crippen LogP contribution in [0.4, 0.5) is 0 Å². The van der Waals surface area contributed by atoms with Gasteiger partial charge in [0.15, 0.2) is 11.5 Å². The molecule has 1 aromatic rings. The molecule has 1 saturated carbocycles. The Hall–Kier alpha value is -1.22. The van der Waals surface area contributed by atoms with Gasteiger partial charge in [0.2, 0.25) is 0 Å². The molecule has 0 amide bonds. The summed E-state index contributed by atoms with van der Waals surface area (Å²) in [4.78, 5) is 0. The second-order valence-electron chi connectivity index (χ2n) is 5.57. The van der Waals surface area contributed by atoms with Gasteiger partial charge < -0.3 is 14.8 Å². The summed E-state index contributed by atoms with van der Waals surface area (Å²) in [5, 5.41) is 3.39. The first kappa shape index (κ1) is 13.2. The number of methoxy groups -OCH3 is 2. The number of hydrogen-bond acceptors (Lipinski definition) is 3. The number of nitrogens with one attached hydrogen (secondary N) is 1.